The summed E-state index contributed by atoms with van der Waals surface area (Å²) in [6, 6.07) is 21.1. The Morgan fingerprint density at radius 3 is 2.40 bits per heavy atom. The smallest absolute Gasteiger partial charge is 0.255 e. The minimum absolute atomic E-state index is 0.147. The van der Waals surface area contributed by atoms with Crippen molar-refractivity contribution in [3.8, 4) is 0 Å². The van der Waals surface area contributed by atoms with Crippen molar-refractivity contribution in [1.82, 2.24) is 0 Å². The summed E-state index contributed by atoms with van der Waals surface area (Å²) in [6.45, 7) is 0.751. The van der Waals surface area contributed by atoms with Crippen LogP contribution < -0.4 is 10.2 Å². The van der Waals surface area contributed by atoms with Gasteiger partial charge in [0, 0.05) is 29.9 Å². The van der Waals surface area contributed by atoms with Crippen molar-refractivity contribution in [2.75, 3.05) is 16.8 Å². The van der Waals surface area contributed by atoms with Gasteiger partial charge in [-0.2, -0.15) is 0 Å². The molecule has 0 saturated carbocycles. The Balaban J connectivity index is 1.51. The van der Waals surface area contributed by atoms with Crippen LogP contribution in [0.5, 0.6) is 0 Å². The van der Waals surface area contributed by atoms with Crippen LogP contribution in [0.15, 0.2) is 66.7 Å². The molecule has 0 aromatic heterocycles. The summed E-state index contributed by atoms with van der Waals surface area (Å²) in [5.41, 5.74) is 2.19. The van der Waals surface area contributed by atoms with E-state index in [4.69, 9.17) is 0 Å². The van der Waals surface area contributed by atoms with Gasteiger partial charge in [0.1, 0.15) is 0 Å². The van der Waals surface area contributed by atoms with Gasteiger partial charge >= 0.3 is 0 Å². The van der Waals surface area contributed by atoms with E-state index in [1.54, 1.807) is 17.0 Å². The number of hydrogen-bond acceptors (Lipinski definition) is 2. The van der Waals surface area contributed by atoms with Crippen LogP contribution >= 0.6 is 0 Å². The number of hydrogen-bond donors (Lipinski definition) is 1. The number of fused-ring (bicyclic) bond motifs is 1. The van der Waals surface area contributed by atoms with E-state index < -0.39 is 0 Å². The van der Waals surface area contributed by atoms with Crippen LogP contribution in [0.1, 0.15) is 23.2 Å². The molecule has 0 spiro atoms. The maximum absolute atomic E-state index is 12.5. The molecule has 25 heavy (non-hydrogen) atoms. The number of carbonyl (C=O) groups excluding carboxylic acids is 2. The van der Waals surface area contributed by atoms with E-state index in [9.17, 15) is 9.59 Å². The van der Waals surface area contributed by atoms with Gasteiger partial charge in [0.2, 0.25) is 5.91 Å². The fourth-order valence-corrected chi connectivity index (χ4v) is 3.18. The molecule has 0 radical (unpaired) electrons. The molecule has 1 aliphatic heterocycles. The summed E-state index contributed by atoms with van der Waals surface area (Å²) in [7, 11) is 0. The molecule has 1 saturated heterocycles. The van der Waals surface area contributed by atoms with Crippen LogP contribution in [0, 0.1) is 0 Å². The SMILES string of the molecule is O=C(Nc1ccc2ccccc2c1)c1ccc(N2CCCC2=O)cc1. The maximum Gasteiger partial charge on any atom is 0.255 e. The molecule has 3 aromatic carbocycles. The summed E-state index contributed by atoms with van der Waals surface area (Å²) in [4.78, 5) is 26.0. The van der Waals surface area contributed by atoms with Crippen molar-refractivity contribution < 1.29 is 9.59 Å². The van der Waals surface area contributed by atoms with E-state index >= 15 is 0 Å². The Morgan fingerprint density at radius 1 is 0.920 bits per heavy atom. The first-order valence-corrected chi connectivity index (χ1v) is 8.41. The van der Waals surface area contributed by atoms with Crippen molar-refractivity contribution in [1.29, 1.82) is 0 Å². The Labute approximate surface area is 146 Å². The number of anilines is 2. The highest BCUT2D eigenvalue weighted by Gasteiger charge is 2.21. The zero-order valence-corrected chi connectivity index (χ0v) is 13.7. The van der Waals surface area contributed by atoms with Crippen molar-refractivity contribution in [2.45, 2.75) is 12.8 Å². The summed E-state index contributed by atoms with van der Waals surface area (Å²) < 4.78 is 0. The molecule has 2 amide bonds. The van der Waals surface area contributed by atoms with E-state index in [1.807, 2.05) is 54.6 Å². The fraction of sp³-hybridized carbons (Fsp3) is 0.143. The topological polar surface area (TPSA) is 49.4 Å². The minimum atomic E-state index is -0.158. The van der Waals surface area contributed by atoms with Crippen molar-refractivity contribution in [2.24, 2.45) is 0 Å². The van der Waals surface area contributed by atoms with E-state index in [2.05, 4.69) is 5.32 Å². The summed E-state index contributed by atoms with van der Waals surface area (Å²) >= 11 is 0. The largest absolute Gasteiger partial charge is 0.322 e. The second-order valence-corrected chi connectivity index (χ2v) is 6.21. The average molecular weight is 330 g/mol. The van der Waals surface area contributed by atoms with Gasteiger partial charge in [-0.15, -0.1) is 0 Å². The Kier molecular flexibility index (Phi) is 3.94. The molecule has 4 heteroatoms. The van der Waals surface area contributed by atoms with Gasteiger partial charge in [-0.25, -0.2) is 0 Å². The molecule has 4 rings (SSSR count). The van der Waals surface area contributed by atoms with Crippen molar-refractivity contribution >= 4 is 34.0 Å². The van der Waals surface area contributed by atoms with Crippen molar-refractivity contribution in [3.05, 3.63) is 72.3 Å². The highest BCUT2D eigenvalue weighted by molar-refractivity contribution is 6.05. The second-order valence-electron chi connectivity index (χ2n) is 6.21. The zero-order chi connectivity index (χ0) is 17.2. The average Bonchev–Trinajstić information content (AvgIpc) is 3.08. The Bertz CT molecular complexity index is 948. The van der Waals surface area contributed by atoms with Crippen molar-refractivity contribution in [3.63, 3.8) is 0 Å². The number of nitrogens with zero attached hydrogens (tertiary/aromatic N) is 1. The lowest BCUT2D eigenvalue weighted by molar-refractivity contribution is -0.117. The first-order chi connectivity index (χ1) is 12.2. The fourth-order valence-electron chi connectivity index (χ4n) is 3.18. The molecule has 4 nitrogen and oxygen atoms in total. The zero-order valence-electron chi connectivity index (χ0n) is 13.7. The van der Waals surface area contributed by atoms with Crippen LogP contribution in [0.2, 0.25) is 0 Å². The third-order valence-electron chi connectivity index (χ3n) is 4.52. The lowest BCUT2D eigenvalue weighted by Gasteiger charge is -2.15. The summed E-state index contributed by atoms with van der Waals surface area (Å²) in [5.74, 6) is -0.0112. The Morgan fingerprint density at radius 2 is 1.68 bits per heavy atom. The van der Waals surface area contributed by atoms with Gasteiger partial charge in [0.15, 0.2) is 0 Å². The third-order valence-corrected chi connectivity index (χ3v) is 4.52. The number of carbonyl (C=O) groups is 2. The molecule has 1 heterocycles. The highest BCUT2D eigenvalue weighted by atomic mass is 16.2. The monoisotopic (exact) mass is 330 g/mol. The van der Waals surface area contributed by atoms with E-state index in [-0.39, 0.29) is 11.8 Å². The molecule has 0 aliphatic carbocycles. The van der Waals surface area contributed by atoms with E-state index in [0.29, 0.717) is 12.0 Å². The van der Waals surface area contributed by atoms with E-state index in [1.165, 1.54) is 0 Å². The molecule has 1 aliphatic rings. The lowest BCUT2D eigenvalue weighted by Crippen LogP contribution is -2.23. The van der Waals surface area contributed by atoms with Gasteiger partial charge in [-0.05, 0) is 53.6 Å². The van der Waals surface area contributed by atoms with Crippen LogP contribution in [0.3, 0.4) is 0 Å². The first kappa shape index (κ1) is 15.4. The third kappa shape index (κ3) is 3.11. The van der Waals surface area contributed by atoms with Crippen LogP contribution in [0.4, 0.5) is 11.4 Å². The summed E-state index contributed by atoms with van der Waals surface area (Å²) in [5, 5.41) is 5.15. The van der Waals surface area contributed by atoms with Gasteiger partial charge in [-0.1, -0.05) is 30.3 Å². The Hall–Kier alpha value is -3.14. The van der Waals surface area contributed by atoms with Crippen LogP contribution in [-0.4, -0.2) is 18.4 Å². The maximum atomic E-state index is 12.5. The predicted octanol–water partition coefficient (Wildman–Crippen LogP) is 4.22. The molecule has 1 N–H and O–H groups in total. The highest BCUT2D eigenvalue weighted by Crippen LogP contribution is 2.23. The van der Waals surface area contributed by atoms with Crippen LogP contribution in [-0.2, 0) is 4.79 Å². The second kappa shape index (κ2) is 6.40. The molecule has 124 valence electrons. The molecule has 0 atom stereocenters. The molecule has 1 fully saturated rings. The standard InChI is InChI=1S/C21H18N2O2/c24-20-6-3-13-23(20)19-11-8-16(9-12-19)21(25)22-18-10-7-15-4-1-2-5-17(15)14-18/h1-2,4-5,7-12,14H,3,6,13H2,(H,22,25). The van der Waals surface area contributed by atoms with Crippen LogP contribution in [0.25, 0.3) is 10.8 Å². The van der Waals surface area contributed by atoms with Gasteiger partial charge < -0.3 is 10.2 Å². The lowest BCUT2D eigenvalue weighted by atomic mass is 10.1. The molecular weight excluding hydrogens is 312 g/mol. The normalized spacial score (nSPS) is 14.1. The number of amides is 2. The summed E-state index contributed by atoms with van der Waals surface area (Å²) in [6.07, 6.45) is 1.49. The quantitative estimate of drug-likeness (QED) is 0.782. The molecular formula is C21H18N2O2. The molecule has 3 aromatic rings. The predicted molar refractivity (Wildman–Crippen MR) is 99.9 cm³/mol. The van der Waals surface area contributed by atoms with Gasteiger partial charge in [0.25, 0.3) is 5.91 Å². The number of benzene rings is 3. The molecule has 0 unspecified atom stereocenters. The van der Waals surface area contributed by atoms with Gasteiger partial charge in [0.05, 0.1) is 0 Å². The molecule has 0 bridgehead atoms. The first-order valence-electron chi connectivity index (χ1n) is 8.41. The van der Waals surface area contributed by atoms with E-state index in [0.717, 1.165) is 35.1 Å². The van der Waals surface area contributed by atoms with Gasteiger partial charge in [-0.3, -0.25) is 9.59 Å². The number of nitrogens with one attached hydrogen (secondary N) is 1. The minimum Gasteiger partial charge on any atom is -0.322 e. The number of rotatable bonds is 3.